The molecule has 1 aromatic heterocycles. The van der Waals surface area contributed by atoms with Crippen LogP contribution in [0.4, 0.5) is 5.69 Å². The summed E-state index contributed by atoms with van der Waals surface area (Å²) in [6, 6.07) is 8.92. The first-order chi connectivity index (χ1) is 7.25. The molecule has 0 atom stereocenters. The van der Waals surface area contributed by atoms with Gasteiger partial charge in [-0.2, -0.15) is 0 Å². The molecule has 2 aromatic rings. The maximum atomic E-state index is 11.2. The van der Waals surface area contributed by atoms with Gasteiger partial charge in [-0.3, -0.25) is 4.79 Å². The van der Waals surface area contributed by atoms with Crippen molar-refractivity contribution < 1.29 is 0 Å². The second-order valence-electron chi connectivity index (χ2n) is 2.97. The highest BCUT2D eigenvalue weighted by atomic mass is 35.5. The Hall–Kier alpha value is -1.26. The normalized spacial score (nSPS) is 10.2. The van der Waals surface area contributed by atoms with Gasteiger partial charge in [-0.25, -0.2) is 3.96 Å². The number of nitrogens with one attached hydrogen (secondary N) is 1. The van der Waals surface area contributed by atoms with E-state index in [4.69, 9.17) is 11.6 Å². The number of rotatable bonds is 3. The number of benzene rings is 1. The molecule has 15 heavy (non-hydrogen) atoms. The van der Waals surface area contributed by atoms with Crippen molar-refractivity contribution in [3.63, 3.8) is 0 Å². The van der Waals surface area contributed by atoms with E-state index in [1.807, 2.05) is 12.1 Å². The molecule has 1 N–H and O–H groups in total. The molecule has 2 rings (SSSR count). The zero-order chi connectivity index (χ0) is 10.7. The summed E-state index contributed by atoms with van der Waals surface area (Å²) < 4.78 is 1.63. The second kappa shape index (κ2) is 4.51. The zero-order valence-electron chi connectivity index (χ0n) is 7.81. The highest BCUT2D eigenvalue weighted by molar-refractivity contribution is 7.04. The monoisotopic (exact) mass is 240 g/mol. The lowest BCUT2D eigenvalue weighted by molar-refractivity contribution is 0.824. The predicted molar refractivity (Wildman–Crippen MR) is 63.7 cm³/mol. The van der Waals surface area contributed by atoms with Crippen molar-refractivity contribution in [2.24, 2.45) is 0 Å². The van der Waals surface area contributed by atoms with Crippen LogP contribution >= 0.6 is 23.1 Å². The third-order valence-electron chi connectivity index (χ3n) is 1.92. The Balaban J connectivity index is 2.02. The summed E-state index contributed by atoms with van der Waals surface area (Å²) in [5, 5.41) is 5.60. The maximum absolute atomic E-state index is 11.2. The minimum absolute atomic E-state index is 0.0152. The van der Waals surface area contributed by atoms with Crippen LogP contribution in [0, 0.1) is 0 Å². The van der Waals surface area contributed by atoms with Crippen molar-refractivity contribution in [3.05, 3.63) is 51.1 Å². The van der Waals surface area contributed by atoms with Gasteiger partial charge in [-0.15, -0.1) is 0 Å². The van der Waals surface area contributed by atoms with E-state index in [-0.39, 0.29) is 5.56 Å². The van der Waals surface area contributed by atoms with Crippen LogP contribution in [0.2, 0.25) is 5.02 Å². The van der Waals surface area contributed by atoms with Crippen LogP contribution in [0.5, 0.6) is 0 Å². The second-order valence-corrected chi connectivity index (χ2v) is 4.33. The van der Waals surface area contributed by atoms with E-state index in [1.165, 1.54) is 11.5 Å². The third-order valence-corrected chi connectivity index (χ3v) is 2.99. The molecular formula is C10H9ClN2OS. The lowest BCUT2D eigenvalue weighted by Gasteiger charge is -2.05. The molecule has 0 aliphatic rings. The average molecular weight is 241 g/mol. The fourth-order valence-electron chi connectivity index (χ4n) is 1.14. The number of hydrogen-bond acceptors (Lipinski definition) is 3. The van der Waals surface area contributed by atoms with Crippen LogP contribution in [0.25, 0.3) is 0 Å². The summed E-state index contributed by atoms with van der Waals surface area (Å²) in [6.45, 7) is 0.484. The fraction of sp³-hybridized carbons (Fsp3) is 0.100. The van der Waals surface area contributed by atoms with Crippen molar-refractivity contribution >= 4 is 28.8 Å². The number of hydrogen-bond donors (Lipinski definition) is 1. The quantitative estimate of drug-likeness (QED) is 0.895. The molecule has 0 amide bonds. The molecule has 0 aliphatic carbocycles. The molecule has 5 heteroatoms. The average Bonchev–Trinajstić information content (AvgIpc) is 2.63. The number of aromatic nitrogens is 1. The Kier molecular flexibility index (Phi) is 3.08. The van der Waals surface area contributed by atoms with Crippen molar-refractivity contribution in [2.75, 3.05) is 5.32 Å². The molecule has 0 bridgehead atoms. The van der Waals surface area contributed by atoms with Crippen LogP contribution < -0.4 is 10.9 Å². The Morgan fingerprint density at radius 1 is 1.27 bits per heavy atom. The van der Waals surface area contributed by atoms with Gasteiger partial charge in [0.1, 0.15) is 6.67 Å². The van der Waals surface area contributed by atoms with Crippen LogP contribution in [-0.4, -0.2) is 3.96 Å². The van der Waals surface area contributed by atoms with Gasteiger partial charge in [-0.05, 0) is 24.3 Å². The van der Waals surface area contributed by atoms with Gasteiger partial charge in [0.05, 0.1) is 0 Å². The number of halogens is 1. The first kappa shape index (κ1) is 10.3. The Morgan fingerprint density at radius 2 is 2.00 bits per heavy atom. The third kappa shape index (κ3) is 2.61. The van der Waals surface area contributed by atoms with E-state index >= 15 is 0 Å². The van der Waals surface area contributed by atoms with Crippen LogP contribution in [0.3, 0.4) is 0 Å². The molecule has 0 saturated carbocycles. The number of nitrogens with zero attached hydrogens (tertiary/aromatic N) is 1. The largest absolute Gasteiger partial charge is 0.367 e. The van der Waals surface area contributed by atoms with E-state index in [2.05, 4.69) is 5.32 Å². The first-order valence-corrected chi connectivity index (χ1v) is 5.61. The van der Waals surface area contributed by atoms with Crippen molar-refractivity contribution in [2.45, 2.75) is 6.67 Å². The molecule has 3 nitrogen and oxygen atoms in total. The van der Waals surface area contributed by atoms with E-state index < -0.39 is 0 Å². The molecule has 0 radical (unpaired) electrons. The standard InChI is InChI=1S/C10H9ClN2OS/c11-8-1-3-9(4-2-8)12-7-13-10(14)5-6-15-13/h1-6,12H,7H2. The molecule has 0 aliphatic heterocycles. The Labute approximate surface area is 96.1 Å². The molecule has 1 aromatic carbocycles. The zero-order valence-corrected chi connectivity index (χ0v) is 9.39. The molecule has 0 unspecified atom stereocenters. The van der Waals surface area contributed by atoms with Crippen LogP contribution in [-0.2, 0) is 6.67 Å². The Morgan fingerprint density at radius 3 is 2.60 bits per heavy atom. The van der Waals surface area contributed by atoms with E-state index in [0.717, 1.165) is 5.69 Å². The topological polar surface area (TPSA) is 34.0 Å². The van der Waals surface area contributed by atoms with Gasteiger partial charge in [-0.1, -0.05) is 23.1 Å². The minimum Gasteiger partial charge on any atom is -0.367 e. The van der Waals surface area contributed by atoms with E-state index in [0.29, 0.717) is 11.7 Å². The van der Waals surface area contributed by atoms with Crippen molar-refractivity contribution in [1.29, 1.82) is 0 Å². The summed E-state index contributed by atoms with van der Waals surface area (Å²) in [5.74, 6) is 0. The summed E-state index contributed by atoms with van der Waals surface area (Å²) in [4.78, 5) is 11.2. The SMILES string of the molecule is O=c1ccsn1CNc1ccc(Cl)cc1. The molecule has 0 saturated heterocycles. The van der Waals surface area contributed by atoms with Gasteiger partial charge in [0.15, 0.2) is 0 Å². The highest BCUT2D eigenvalue weighted by Crippen LogP contribution is 2.13. The summed E-state index contributed by atoms with van der Waals surface area (Å²) in [6.07, 6.45) is 0. The summed E-state index contributed by atoms with van der Waals surface area (Å²) in [5.41, 5.74) is 0.959. The van der Waals surface area contributed by atoms with E-state index in [1.54, 1.807) is 27.5 Å². The van der Waals surface area contributed by atoms with Gasteiger partial charge in [0.25, 0.3) is 5.56 Å². The molecule has 0 spiro atoms. The maximum Gasteiger partial charge on any atom is 0.262 e. The van der Waals surface area contributed by atoms with Crippen LogP contribution in [0.15, 0.2) is 40.5 Å². The summed E-state index contributed by atoms with van der Waals surface area (Å²) in [7, 11) is 0. The lowest BCUT2D eigenvalue weighted by atomic mass is 10.3. The molecular weight excluding hydrogens is 232 g/mol. The van der Waals surface area contributed by atoms with Crippen molar-refractivity contribution in [1.82, 2.24) is 3.96 Å². The highest BCUT2D eigenvalue weighted by Gasteiger charge is 1.96. The molecule has 0 fully saturated rings. The van der Waals surface area contributed by atoms with Crippen LogP contribution in [0.1, 0.15) is 0 Å². The fourth-order valence-corrected chi connectivity index (χ4v) is 1.90. The smallest absolute Gasteiger partial charge is 0.262 e. The number of anilines is 1. The van der Waals surface area contributed by atoms with Crippen molar-refractivity contribution in [3.8, 4) is 0 Å². The molecule has 78 valence electrons. The Bertz CT molecular complexity index is 489. The van der Waals surface area contributed by atoms with Gasteiger partial charge < -0.3 is 5.32 Å². The van der Waals surface area contributed by atoms with Gasteiger partial charge >= 0.3 is 0 Å². The minimum atomic E-state index is 0.0152. The van der Waals surface area contributed by atoms with E-state index in [9.17, 15) is 4.79 Å². The van der Waals surface area contributed by atoms with Gasteiger partial charge in [0, 0.05) is 22.2 Å². The first-order valence-electron chi connectivity index (χ1n) is 4.40. The molecule has 1 heterocycles. The predicted octanol–water partition coefficient (Wildman–Crippen LogP) is 2.63. The lowest BCUT2D eigenvalue weighted by Crippen LogP contribution is -2.16. The van der Waals surface area contributed by atoms with Gasteiger partial charge in [0.2, 0.25) is 0 Å². The summed E-state index contributed by atoms with van der Waals surface area (Å²) >= 11 is 7.14.